The van der Waals surface area contributed by atoms with Crippen molar-refractivity contribution in [3.05, 3.63) is 171 Å². The van der Waals surface area contributed by atoms with Gasteiger partial charge in [0.1, 0.15) is 15.9 Å². The largest absolute Gasteiger partial charge is 0.491 e. The summed E-state index contributed by atoms with van der Waals surface area (Å²) in [5.41, 5.74) is 12.7. The number of thioether (sulfide) groups is 2. The lowest BCUT2D eigenvalue weighted by Crippen LogP contribution is -2.41. The van der Waals surface area contributed by atoms with E-state index in [4.69, 9.17) is 17.0 Å². The number of hydrogen-bond acceptors (Lipinski definition) is 5. The minimum atomic E-state index is -0.656. The quantitative estimate of drug-likeness (QED) is 0.124. The molecule has 10 bridgehead atoms. The minimum Gasteiger partial charge on any atom is -0.491 e. The van der Waals surface area contributed by atoms with Gasteiger partial charge in [-0.3, -0.25) is 4.79 Å². The second kappa shape index (κ2) is 17.8. The van der Waals surface area contributed by atoms with Gasteiger partial charge < -0.3 is 10.1 Å². The van der Waals surface area contributed by atoms with Crippen molar-refractivity contribution < 1.29 is 9.53 Å². The van der Waals surface area contributed by atoms with Crippen LogP contribution in [0.2, 0.25) is 0 Å². The van der Waals surface area contributed by atoms with Crippen molar-refractivity contribution in [2.45, 2.75) is 64.5 Å². The molecule has 268 valence electrons. The molecule has 6 heteroatoms. The van der Waals surface area contributed by atoms with Gasteiger partial charge in [0, 0.05) is 12.2 Å². The zero-order chi connectivity index (χ0) is 36.5. The van der Waals surface area contributed by atoms with E-state index in [-0.39, 0.29) is 5.91 Å². The second-order valence-corrected chi connectivity index (χ2v) is 18.6. The number of ether oxygens (including phenoxy) is 1. The Kier molecular flexibility index (Phi) is 13.0. The summed E-state index contributed by atoms with van der Waals surface area (Å²) in [5, 5.41) is 3.09. The molecule has 0 heterocycles. The maximum atomic E-state index is 13.1. The van der Waals surface area contributed by atoms with Gasteiger partial charge in [-0.1, -0.05) is 147 Å². The third-order valence-electron chi connectivity index (χ3n) is 9.32. The van der Waals surface area contributed by atoms with Crippen LogP contribution in [-0.2, 0) is 36.9 Å². The van der Waals surface area contributed by atoms with E-state index in [1.807, 2.05) is 13.8 Å². The van der Waals surface area contributed by atoms with E-state index in [9.17, 15) is 4.79 Å². The standard InChI is InChI=1S/C46H49NO2S3/c1-32(2)31-51-45(50)52-46(3,4)44(48)47-23-24-49-43-30-41-21-22-42(43)29-40-19-17-38(18-20-40)27-36-11-9-34(10-12-36)25-33-5-7-35(8-6-33)26-37-13-15-39(28-41)16-14-37/h5-22,30,32H,23-29,31H2,1-4H3,(H,47,48). The van der Waals surface area contributed by atoms with E-state index in [0.29, 0.717) is 19.1 Å². The first-order chi connectivity index (χ1) is 25.1. The fraction of sp³-hybridized carbons (Fsp3) is 0.304. The van der Waals surface area contributed by atoms with Crippen molar-refractivity contribution in [1.82, 2.24) is 5.32 Å². The van der Waals surface area contributed by atoms with Crippen molar-refractivity contribution in [3.8, 4) is 5.75 Å². The highest BCUT2D eigenvalue weighted by molar-refractivity contribution is 8.47. The van der Waals surface area contributed by atoms with Gasteiger partial charge in [-0.05, 0) is 107 Å². The first-order valence-electron chi connectivity index (χ1n) is 18.3. The van der Waals surface area contributed by atoms with Crippen LogP contribution in [0.25, 0.3) is 0 Å². The van der Waals surface area contributed by atoms with Crippen LogP contribution in [-0.4, -0.2) is 33.1 Å². The average Bonchev–Trinajstić information content (AvgIpc) is 3.13. The molecule has 5 aromatic carbocycles. The van der Waals surface area contributed by atoms with Gasteiger partial charge in [-0.15, -0.1) is 11.8 Å². The monoisotopic (exact) mass is 743 g/mol. The molecule has 15 rings (SSSR count). The zero-order valence-electron chi connectivity index (χ0n) is 30.7. The van der Waals surface area contributed by atoms with Gasteiger partial charge in [-0.2, -0.15) is 0 Å². The van der Waals surface area contributed by atoms with Gasteiger partial charge in [0.15, 0.2) is 0 Å². The van der Waals surface area contributed by atoms with Gasteiger partial charge in [-0.25, -0.2) is 0 Å². The normalized spacial score (nSPS) is 12.9. The Morgan fingerprint density at radius 1 is 0.654 bits per heavy atom. The number of thiocarbonyl (C=S) groups is 1. The fourth-order valence-corrected chi connectivity index (χ4v) is 9.25. The lowest BCUT2D eigenvalue weighted by atomic mass is 9.97. The van der Waals surface area contributed by atoms with E-state index in [1.54, 1.807) is 11.8 Å². The van der Waals surface area contributed by atoms with Crippen LogP contribution >= 0.6 is 35.7 Å². The number of carbonyl (C=O) groups excluding carboxylic acids is 1. The van der Waals surface area contributed by atoms with E-state index in [1.165, 1.54) is 61.8 Å². The van der Waals surface area contributed by atoms with Crippen molar-refractivity contribution in [3.63, 3.8) is 0 Å². The predicted molar refractivity (Wildman–Crippen MR) is 226 cm³/mol. The van der Waals surface area contributed by atoms with E-state index < -0.39 is 4.75 Å². The maximum absolute atomic E-state index is 13.1. The smallest absolute Gasteiger partial charge is 0.236 e. The molecule has 0 saturated heterocycles. The third-order valence-corrected chi connectivity index (χ3v) is 12.5. The van der Waals surface area contributed by atoms with Crippen molar-refractivity contribution in [2.24, 2.45) is 5.92 Å². The van der Waals surface area contributed by atoms with Crippen LogP contribution in [0.5, 0.6) is 5.75 Å². The molecule has 0 fully saturated rings. The minimum absolute atomic E-state index is 0.0354. The Balaban J connectivity index is 1.19. The molecule has 0 saturated carbocycles. The summed E-state index contributed by atoms with van der Waals surface area (Å²) in [4.78, 5) is 13.1. The van der Waals surface area contributed by atoms with Crippen LogP contribution in [0.15, 0.2) is 115 Å². The Bertz CT molecular complexity index is 1950. The molecule has 0 radical (unpaired) electrons. The van der Waals surface area contributed by atoms with Crippen LogP contribution in [0.4, 0.5) is 0 Å². The van der Waals surface area contributed by atoms with E-state index >= 15 is 0 Å². The Hall–Kier alpha value is -3.84. The molecule has 5 aromatic rings. The van der Waals surface area contributed by atoms with Gasteiger partial charge in [0.25, 0.3) is 0 Å². The van der Waals surface area contributed by atoms with Gasteiger partial charge >= 0.3 is 0 Å². The van der Waals surface area contributed by atoms with Crippen LogP contribution in [0.3, 0.4) is 0 Å². The summed E-state index contributed by atoms with van der Waals surface area (Å²) in [5.74, 6) is 2.34. The van der Waals surface area contributed by atoms with Crippen molar-refractivity contribution in [1.29, 1.82) is 0 Å². The van der Waals surface area contributed by atoms with Crippen LogP contribution < -0.4 is 10.1 Å². The highest BCUT2D eigenvalue weighted by Gasteiger charge is 2.30. The molecule has 3 nitrogen and oxygen atoms in total. The summed E-state index contributed by atoms with van der Waals surface area (Å²) in [6.07, 6.45) is 4.34. The van der Waals surface area contributed by atoms with Crippen LogP contribution in [0, 0.1) is 5.92 Å². The van der Waals surface area contributed by atoms with Crippen LogP contribution in [0.1, 0.15) is 83.3 Å². The lowest BCUT2D eigenvalue weighted by Gasteiger charge is -2.23. The number of carbonyl (C=O) groups is 1. The topological polar surface area (TPSA) is 38.3 Å². The van der Waals surface area contributed by atoms with Crippen molar-refractivity contribution >= 4 is 45.2 Å². The number of hydrogen-bond donors (Lipinski definition) is 1. The molecule has 52 heavy (non-hydrogen) atoms. The molecule has 0 aliphatic heterocycles. The third kappa shape index (κ3) is 11.1. The molecular weight excluding hydrogens is 695 g/mol. The second-order valence-electron chi connectivity index (χ2n) is 14.8. The maximum Gasteiger partial charge on any atom is 0.236 e. The molecule has 1 N–H and O–H groups in total. The Morgan fingerprint density at radius 2 is 1.04 bits per heavy atom. The molecule has 0 aromatic heterocycles. The highest BCUT2D eigenvalue weighted by atomic mass is 32.2. The average molecular weight is 744 g/mol. The van der Waals surface area contributed by atoms with E-state index in [2.05, 4.69) is 134 Å². The molecular formula is C46H49NO2S3. The molecule has 0 unspecified atom stereocenters. The number of benzene rings is 5. The van der Waals surface area contributed by atoms with Gasteiger partial charge in [0.05, 0.1) is 11.3 Å². The summed E-state index contributed by atoms with van der Waals surface area (Å²) in [6.45, 7) is 9.00. The molecule has 0 atom stereocenters. The highest BCUT2D eigenvalue weighted by Crippen LogP contribution is 2.32. The first kappa shape index (κ1) is 37.9. The van der Waals surface area contributed by atoms with E-state index in [0.717, 1.165) is 52.7 Å². The summed E-state index contributed by atoms with van der Waals surface area (Å²) in [7, 11) is 0. The number of amides is 1. The van der Waals surface area contributed by atoms with Gasteiger partial charge in [0.2, 0.25) is 5.91 Å². The molecule has 10 aliphatic rings. The molecule has 10 aliphatic carbocycles. The number of rotatable bonds is 8. The Labute approximate surface area is 324 Å². The SMILES string of the molecule is CC(C)CSC(=S)SC(C)(C)C(=O)NCCOc1cc2ccc1Cc1ccc(cc1)Cc1ccc(cc1)Cc1ccc(cc1)Cc1ccc(cc1)C2. The number of nitrogens with one attached hydrogen (secondary N) is 1. The summed E-state index contributed by atoms with van der Waals surface area (Å²) in [6, 6.07) is 42.7. The fourth-order valence-electron chi connectivity index (χ4n) is 6.31. The molecule has 0 spiro atoms. The zero-order valence-corrected chi connectivity index (χ0v) is 33.2. The summed E-state index contributed by atoms with van der Waals surface area (Å²) < 4.78 is 6.60. The predicted octanol–water partition coefficient (Wildman–Crippen LogP) is 10.6. The first-order valence-corrected chi connectivity index (χ1v) is 20.5. The summed E-state index contributed by atoms with van der Waals surface area (Å²) >= 11 is 8.67. The lowest BCUT2D eigenvalue weighted by molar-refractivity contribution is -0.122. The molecule has 1 amide bonds. The Morgan fingerprint density at radius 3 is 1.46 bits per heavy atom. The van der Waals surface area contributed by atoms with Crippen molar-refractivity contribution in [2.75, 3.05) is 18.9 Å².